The minimum atomic E-state index is -0.417. The Bertz CT molecular complexity index is 1500. The van der Waals surface area contributed by atoms with Crippen LogP contribution in [0.25, 0.3) is 32.9 Å². The van der Waals surface area contributed by atoms with Crippen molar-refractivity contribution in [2.75, 3.05) is 50.1 Å². The Labute approximate surface area is 221 Å². The molecule has 4 aromatic rings. The summed E-state index contributed by atoms with van der Waals surface area (Å²) in [4.78, 5) is 21.2. The van der Waals surface area contributed by atoms with E-state index in [1.807, 2.05) is 36.4 Å². The van der Waals surface area contributed by atoms with Crippen molar-refractivity contribution < 1.29 is 4.39 Å². The van der Waals surface area contributed by atoms with Crippen LogP contribution in [0.3, 0.4) is 0 Å². The Kier molecular flexibility index (Phi) is 5.48. The van der Waals surface area contributed by atoms with E-state index in [1.165, 1.54) is 19.3 Å². The van der Waals surface area contributed by atoms with Gasteiger partial charge in [-0.25, -0.2) is 9.37 Å². The van der Waals surface area contributed by atoms with Gasteiger partial charge in [-0.05, 0) is 56.6 Å². The minimum Gasteiger partial charge on any atom is -0.355 e. The second kappa shape index (κ2) is 8.77. The number of likely N-dealkylation sites (N-methyl/N-ethyl adjacent to an activating group) is 1. The summed E-state index contributed by atoms with van der Waals surface area (Å²) in [5, 5.41) is 3.02. The number of hydrogen-bond donors (Lipinski definition) is 0. The molecule has 8 heteroatoms. The number of pyridine rings is 1. The molecular weight excluding hydrogens is 487 g/mol. The quantitative estimate of drug-likeness (QED) is 0.350. The lowest BCUT2D eigenvalue weighted by Crippen LogP contribution is -2.58. The minimum absolute atomic E-state index is 0.273. The number of hydrogen-bond acceptors (Lipinski definition) is 6. The number of benzene rings is 2. The van der Waals surface area contributed by atoms with E-state index in [0.717, 1.165) is 42.8 Å². The SMILES string of the molecule is CN(C)C1CN(c2nc(N3CC4CCC(C4)C3)c3cnc(-c4cccc5cccc(Cl)c45)c(F)c3n2)C1. The number of halogens is 2. The predicted molar refractivity (Wildman–Crippen MR) is 148 cm³/mol. The van der Waals surface area contributed by atoms with Crippen molar-refractivity contribution in [3.8, 4) is 11.3 Å². The molecule has 2 aliphatic heterocycles. The molecule has 1 aliphatic carbocycles. The summed E-state index contributed by atoms with van der Waals surface area (Å²) in [5.41, 5.74) is 1.28. The lowest BCUT2D eigenvalue weighted by molar-refractivity contribution is 0.245. The number of rotatable bonds is 4. The van der Waals surface area contributed by atoms with E-state index in [9.17, 15) is 0 Å². The standard InChI is InChI=1S/C29H30ClFN6/c1-35(2)20-15-37(16-20)29-33-27-22(28(34-29)36-13-17-9-10-18(11-17)14-36)12-32-26(25(27)31)21-7-3-5-19-6-4-8-23(30)24(19)21/h3-8,12,17-18,20H,9-11,13-16H2,1-2H3. The second-order valence-electron chi connectivity index (χ2n) is 11.1. The van der Waals surface area contributed by atoms with Crippen molar-refractivity contribution in [2.45, 2.75) is 25.3 Å². The summed E-state index contributed by atoms with van der Waals surface area (Å²) >= 11 is 6.58. The van der Waals surface area contributed by atoms with Gasteiger partial charge in [0.15, 0.2) is 5.82 Å². The zero-order chi connectivity index (χ0) is 25.3. The fraction of sp³-hybridized carbons (Fsp3) is 0.414. The Balaban J connectivity index is 1.40. The van der Waals surface area contributed by atoms with Crippen LogP contribution < -0.4 is 9.80 Å². The van der Waals surface area contributed by atoms with Gasteiger partial charge < -0.3 is 14.7 Å². The van der Waals surface area contributed by atoms with Gasteiger partial charge in [-0.3, -0.25) is 4.98 Å². The predicted octanol–water partition coefficient (Wildman–Crippen LogP) is 5.62. The van der Waals surface area contributed by atoms with Gasteiger partial charge in [-0.2, -0.15) is 4.98 Å². The van der Waals surface area contributed by atoms with Crippen LogP contribution in [0.2, 0.25) is 5.02 Å². The summed E-state index contributed by atoms with van der Waals surface area (Å²) in [6, 6.07) is 12.0. The van der Waals surface area contributed by atoms with Crippen LogP contribution in [0.5, 0.6) is 0 Å². The molecule has 4 heterocycles. The topological polar surface area (TPSA) is 48.4 Å². The van der Waals surface area contributed by atoms with Gasteiger partial charge in [0, 0.05) is 54.4 Å². The fourth-order valence-corrected chi connectivity index (χ4v) is 6.70. The summed E-state index contributed by atoms with van der Waals surface area (Å²) < 4.78 is 16.5. The van der Waals surface area contributed by atoms with Gasteiger partial charge >= 0.3 is 0 Å². The first-order chi connectivity index (χ1) is 18.0. The van der Waals surface area contributed by atoms with Crippen molar-refractivity contribution >= 4 is 45.0 Å². The van der Waals surface area contributed by atoms with Crippen molar-refractivity contribution in [3.05, 3.63) is 53.4 Å². The molecule has 6 nitrogen and oxygen atoms in total. The first-order valence-electron chi connectivity index (χ1n) is 13.2. The van der Waals surface area contributed by atoms with E-state index in [1.54, 1.807) is 6.20 Å². The Morgan fingerprint density at radius 2 is 1.68 bits per heavy atom. The molecule has 37 heavy (non-hydrogen) atoms. The fourth-order valence-electron chi connectivity index (χ4n) is 6.42. The lowest BCUT2D eigenvalue weighted by atomic mass is 9.98. The summed E-state index contributed by atoms with van der Waals surface area (Å²) in [5.74, 6) is 2.37. The van der Waals surface area contributed by atoms with E-state index in [-0.39, 0.29) is 5.69 Å². The highest BCUT2D eigenvalue weighted by Crippen LogP contribution is 2.41. The van der Waals surface area contributed by atoms with E-state index < -0.39 is 5.82 Å². The van der Waals surface area contributed by atoms with Crippen LogP contribution in [-0.4, -0.2) is 66.2 Å². The maximum absolute atomic E-state index is 16.5. The number of anilines is 2. The van der Waals surface area contributed by atoms with Crippen LogP contribution in [-0.2, 0) is 0 Å². The van der Waals surface area contributed by atoms with E-state index in [2.05, 4.69) is 33.8 Å². The third-order valence-corrected chi connectivity index (χ3v) is 8.86. The zero-order valence-corrected chi connectivity index (χ0v) is 21.9. The average Bonchev–Trinajstić information content (AvgIpc) is 3.20. The molecule has 0 radical (unpaired) electrons. The Morgan fingerprint density at radius 1 is 0.946 bits per heavy atom. The third kappa shape index (κ3) is 3.82. The van der Waals surface area contributed by atoms with Crippen LogP contribution >= 0.6 is 11.6 Å². The molecule has 2 aromatic carbocycles. The first-order valence-corrected chi connectivity index (χ1v) is 13.5. The zero-order valence-electron chi connectivity index (χ0n) is 21.2. The average molecular weight is 517 g/mol. The molecule has 0 amide bonds. The molecule has 3 fully saturated rings. The van der Waals surface area contributed by atoms with Gasteiger partial charge in [0.05, 0.1) is 5.39 Å². The highest BCUT2D eigenvalue weighted by molar-refractivity contribution is 6.36. The molecule has 1 saturated carbocycles. The van der Waals surface area contributed by atoms with E-state index in [4.69, 9.17) is 21.6 Å². The maximum Gasteiger partial charge on any atom is 0.228 e. The van der Waals surface area contributed by atoms with Gasteiger partial charge in [0.1, 0.15) is 17.0 Å². The van der Waals surface area contributed by atoms with Gasteiger partial charge in [-0.15, -0.1) is 0 Å². The van der Waals surface area contributed by atoms with Crippen molar-refractivity contribution in [1.82, 2.24) is 19.9 Å². The molecule has 3 aliphatic rings. The number of piperidine rings is 1. The van der Waals surface area contributed by atoms with Crippen molar-refractivity contribution in [2.24, 2.45) is 11.8 Å². The Hall–Kier alpha value is -3.03. The number of aromatic nitrogens is 3. The first kappa shape index (κ1) is 23.1. The van der Waals surface area contributed by atoms with E-state index >= 15 is 4.39 Å². The van der Waals surface area contributed by atoms with Crippen LogP contribution in [0.4, 0.5) is 16.2 Å². The van der Waals surface area contributed by atoms with Gasteiger partial charge in [0.2, 0.25) is 5.95 Å². The largest absolute Gasteiger partial charge is 0.355 e. The Morgan fingerprint density at radius 3 is 2.41 bits per heavy atom. The molecule has 0 spiro atoms. The molecule has 2 bridgehead atoms. The summed E-state index contributed by atoms with van der Waals surface area (Å²) in [6.07, 6.45) is 5.60. The molecule has 2 saturated heterocycles. The molecule has 2 atom stereocenters. The van der Waals surface area contributed by atoms with Crippen LogP contribution in [0.15, 0.2) is 42.6 Å². The number of nitrogens with zero attached hydrogens (tertiary/aromatic N) is 6. The number of fused-ring (bicyclic) bond motifs is 4. The normalized spacial score (nSPS) is 21.9. The molecular formula is C29H30ClFN6. The molecule has 7 rings (SSSR count). The summed E-state index contributed by atoms with van der Waals surface area (Å²) in [7, 11) is 4.18. The lowest BCUT2D eigenvalue weighted by Gasteiger charge is -2.43. The van der Waals surface area contributed by atoms with Crippen LogP contribution in [0, 0.1) is 17.7 Å². The third-order valence-electron chi connectivity index (χ3n) is 8.54. The smallest absolute Gasteiger partial charge is 0.228 e. The maximum atomic E-state index is 16.5. The second-order valence-corrected chi connectivity index (χ2v) is 11.6. The molecule has 2 aromatic heterocycles. The van der Waals surface area contributed by atoms with E-state index in [0.29, 0.717) is 45.3 Å². The highest BCUT2D eigenvalue weighted by Gasteiger charge is 2.36. The molecule has 2 unspecified atom stereocenters. The molecule has 190 valence electrons. The summed E-state index contributed by atoms with van der Waals surface area (Å²) in [6.45, 7) is 3.60. The highest BCUT2D eigenvalue weighted by atomic mass is 35.5. The van der Waals surface area contributed by atoms with Crippen LogP contribution in [0.1, 0.15) is 19.3 Å². The van der Waals surface area contributed by atoms with Crippen molar-refractivity contribution in [3.63, 3.8) is 0 Å². The van der Waals surface area contributed by atoms with Gasteiger partial charge in [0.25, 0.3) is 0 Å². The van der Waals surface area contributed by atoms with Gasteiger partial charge in [-0.1, -0.05) is 41.9 Å². The molecule has 0 N–H and O–H groups in total. The monoisotopic (exact) mass is 516 g/mol. The van der Waals surface area contributed by atoms with Crippen molar-refractivity contribution in [1.29, 1.82) is 0 Å².